The SMILES string of the molecule is Cc1cccc(C)c1OC(=O)n1ccnc1. The van der Waals surface area contributed by atoms with E-state index in [0.29, 0.717) is 5.75 Å². The molecule has 82 valence electrons. The number of rotatable bonds is 1. The molecule has 0 bridgehead atoms. The third-order valence-electron chi connectivity index (χ3n) is 2.31. The third-order valence-corrected chi connectivity index (χ3v) is 2.31. The number of carbonyl (C=O) groups excluding carboxylic acids is 1. The van der Waals surface area contributed by atoms with E-state index in [1.54, 1.807) is 6.20 Å². The Kier molecular flexibility index (Phi) is 2.72. The topological polar surface area (TPSA) is 44.1 Å². The number of nitrogens with zero attached hydrogens (tertiary/aromatic N) is 2. The number of hydrogen-bond donors (Lipinski definition) is 0. The Morgan fingerprint density at radius 3 is 2.56 bits per heavy atom. The van der Waals surface area contributed by atoms with Crippen LogP contribution in [0.15, 0.2) is 36.9 Å². The molecule has 0 aliphatic rings. The molecule has 16 heavy (non-hydrogen) atoms. The molecule has 0 saturated carbocycles. The van der Waals surface area contributed by atoms with E-state index in [-0.39, 0.29) is 0 Å². The summed E-state index contributed by atoms with van der Waals surface area (Å²) in [5.74, 6) is 0.612. The van der Waals surface area contributed by atoms with E-state index in [4.69, 9.17) is 4.74 Å². The summed E-state index contributed by atoms with van der Waals surface area (Å²) in [6.45, 7) is 3.81. The van der Waals surface area contributed by atoms with E-state index < -0.39 is 6.09 Å². The summed E-state index contributed by atoms with van der Waals surface area (Å²) in [4.78, 5) is 15.5. The number of hydrogen-bond acceptors (Lipinski definition) is 3. The van der Waals surface area contributed by atoms with E-state index in [2.05, 4.69) is 4.98 Å². The van der Waals surface area contributed by atoms with Gasteiger partial charge in [-0.2, -0.15) is 0 Å². The molecule has 0 aliphatic carbocycles. The number of carbonyl (C=O) groups is 1. The lowest BCUT2D eigenvalue weighted by atomic mass is 10.1. The molecular weight excluding hydrogens is 204 g/mol. The van der Waals surface area contributed by atoms with Crippen molar-refractivity contribution in [1.82, 2.24) is 9.55 Å². The maximum Gasteiger partial charge on any atom is 0.424 e. The van der Waals surface area contributed by atoms with Crippen LogP contribution in [0.2, 0.25) is 0 Å². The standard InChI is InChI=1S/C12H12N2O2/c1-9-4-3-5-10(2)11(9)16-12(15)14-7-6-13-8-14/h3-8H,1-2H3. The second-order valence-electron chi connectivity index (χ2n) is 3.56. The number of para-hydroxylation sites is 1. The molecule has 2 rings (SSSR count). The molecule has 2 aromatic rings. The molecule has 1 aromatic carbocycles. The summed E-state index contributed by atoms with van der Waals surface area (Å²) in [6, 6.07) is 5.74. The van der Waals surface area contributed by atoms with Gasteiger partial charge < -0.3 is 4.74 Å². The molecule has 0 N–H and O–H groups in total. The van der Waals surface area contributed by atoms with Crippen molar-refractivity contribution < 1.29 is 9.53 Å². The van der Waals surface area contributed by atoms with Gasteiger partial charge in [-0.15, -0.1) is 0 Å². The molecule has 1 aromatic heterocycles. The monoisotopic (exact) mass is 216 g/mol. The van der Waals surface area contributed by atoms with Crippen LogP contribution >= 0.6 is 0 Å². The van der Waals surface area contributed by atoms with E-state index in [1.165, 1.54) is 17.1 Å². The fourth-order valence-electron chi connectivity index (χ4n) is 1.47. The highest BCUT2D eigenvalue weighted by Crippen LogP contribution is 2.22. The van der Waals surface area contributed by atoms with Crippen LogP contribution in [0.1, 0.15) is 11.1 Å². The minimum absolute atomic E-state index is 0.449. The molecule has 0 amide bonds. The molecule has 0 atom stereocenters. The van der Waals surface area contributed by atoms with Crippen LogP contribution in [0.25, 0.3) is 0 Å². The summed E-state index contributed by atoms with van der Waals surface area (Å²) >= 11 is 0. The number of benzene rings is 1. The zero-order valence-corrected chi connectivity index (χ0v) is 9.18. The Bertz CT molecular complexity index is 483. The molecule has 4 nitrogen and oxygen atoms in total. The number of aromatic nitrogens is 2. The van der Waals surface area contributed by atoms with Gasteiger partial charge in [0.2, 0.25) is 0 Å². The normalized spacial score (nSPS) is 10.1. The minimum Gasteiger partial charge on any atom is -0.409 e. The number of imidazole rings is 1. The average molecular weight is 216 g/mol. The lowest BCUT2D eigenvalue weighted by Crippen LogP contribution is -2.16. The van der Waals surface area contributed by atoms with E-state index >= 15 is 0 Å². The maximum atomic E-state index is 11.7. The summed E-state index contributed by atoms with van der Waals surface area (Å²) in [6.07, 6.45) is 4.05. The van der Waals surface area contributed by atoms with E-state index in [1.807, 2.05) is 32.0 Å². The van der Waals surface area contributed by atoms with Crippen LogP contribution in [0, 0.1) is 13.8 Å². The molecule has 0 fully saturated rings. The molecule has 0 spiro atoms. The highest BCUT2D eigenvalue weighted by Gasteiger charge is 2.10. The first-order valence-electron chi connectivity index (χ1n) is 4.95. The van der Waals surface area contributed by atoms with Gasteiger partial charge >= 0.3 is 6.09 Å². The highest BCUT2D eigenvalue weighted by molar-refractivity contribution is 5.73. The van der Waals surface area contributed by atoms with Crippen LogP contribution in [-0.2, 0) is 0 Å². The van der Waals surface area contributed by atoms with Gasteiger partial charge in [0.25, 0.3) is 0 Å². The van der Waals surface area contributed by atoms with Crippen LogP contribution in [0.4, 0.5) is 4.79 Å². The molecule has 0 radical (unpaired) electrons. The predicted octanol–water partition coefficient (Wildman–Crippen LogP) is 2.55. The first kappa shape index (κ1) is 10.4. The fourth-order valence-corrected chi connectivity index (χ4v) is 1.47. The van der Waals surface area contributed by atoms with Crippen molar-refractivity contribution in [2.24, 2.45) is 0 Å². The van der Waals surface area contributed by atoms with Crippen molar-refractivity contribution in [3.63, 3.8) is 0 Å². The van der Waals surface area contributed by atoms with Gasteiger partial charge in [-0.3, -0.25) is 0 Å². The zero-order chi connectivity index (χ0) is 11.5. The molecule has 0 saturated heterocycles. The lowest BCUT2D eigenvalue weighted by Gasteiger charge is -2.09. The van der Waals surface area contributed by atoms with Gasteiger partial charge in [-0.25, -0.2) is 14.3 Å². The van der Waals surface area contributed by atoms with Gasteiger partial charge in [0.1, 0.15) is 12.1 Å². The summed E-state index contributed by atoms with van der Waals surface area (Å²) < 4.78 is 6.60. The second kappa shape index (κ2) is 4.18. The largest absolute Gasteiger partial charge is 0.424 e. The Labute approximate surface area is 93.5 Å². The number of ether oxygens (including phenoxy) is 1. The summed E-state index contributed by atoms with van der Waals surface area (Å²) in [5, 5.41) is 0. The van der Waals surface area contributed by atoms with Crippen molar-refractivity contribution in [3.05, 3.63) is 48.0 Å². The summed E-state index contributed by atoms with van der Waals surface area (Å²) in [5.41, 5.74) is 1.88. The number of aryl methyl sites for hydroxylation is 2. The van der Waals surface area contributed by atoms with Gasteiger partial charge in [-0.1, -0.05) is 18.2 Å². The van der Waals surface area contributed by atoms with Gasteiger partial charge in [0.05, 0.1) is 0 Å². The first-order chi connectivity index (χ1) is 7.68. The lowest BCUT2D eigenvalue weighted by molar-refractivity contribution is 0.201. The minimum atomic E-state index is -0.449. The van der Waals surface area contributed by atoms with Crippen molar-refractivity contribution in [3.8, 4) is 5.75 Å². The molecular formula is C12H12N2O2. The Morgan fingerprint density at radius 2 is 2.00 bits per heavy atom. The smallest absolute Gasteiger partial charge is 0.409 e. The zero-order valence-electron chi connectivity index (χ0n) is 9.18. The van der Waals surface area contributed by atoms with Crippen molar-refractivity contribution >= 4 is 6.09 Å². The second-order valence-corrected chi connectivity index (χ2v) is 3.56. The first-order valence-corrected chi connectivity index (χ1v) is 4.95. The van der Waals surface area contributed by atoms with Crippen LogP contribution in [0.3, 0.4) is 0 Å². The Morgan fingerprint density at radius 1 is 1.31 bits per heavy atom. The predicted molar refractivity (Wildman–Crippen MR) is 59.6 cm³/mol. The quantitative estimate of drug-likeness (QED) is 0.735. The van der Waals surface area contributed by atoms with Crippen molar-refractivity contribution in [2.45, 2.75) is 13.8 Å². The van der Waals surface area contributed by atoms with Gasteiger partial charge in [-0.05, 0) is 25.0 Å². The van der Waals surface area contributed by atoms with Crippen LogP contribution < -0.4 is 4.74 Å². The Balaban J connectivity index is 2.25. The van der Waals surface area contributed by atoms with E-state index in [0.717, 1.165) is 11.1 Å². The molecule has 0 aliphatic heterocycles. The van der Waals surface area contributed by atoms with E-state index in [9.17, 15) is 4.79 Å². The maximum absolute atomic E-state index is 11.7. The van der Waals surface area contributed by atoms with Gasteiger partial charge in [0.15, 0.2) is 0 Å². The molecule has 0 unspecified atom stereocenters. The van der Waals surface area contributed by atoms with Crippen molar-refractivity contribution in [2.75, 3.05) is 0 Å². The average Bonchev–Trinajstić information content (AvgIpc) is 2.76. The van der Waals surface area contributed by atoms with Gasteiger partial charge in [0, 0.05) is 12.4 Å². The molecule has 1 heterocycles. The third kappa shape index (κ3) is 1.95. The van der Waals surface area contributed by atoms with Crippen LogP contribution in [0.5, 0.6) is 5.75 Å². The molecule has 4 heteroatoms. The Hall–Kier alpha value is -2.10. The van der Waals surface area contributed by atoms with Crippen LogP contribution in [-0.4, -0.2) is 15.6 Å². The fraction of sp³-hybridized carbons (Fsp3) is 0.167. The summed E-state index contributed by atoms with van der Waals surface area (Å²) in [7, 11) is 0. The van der Waals surface area contributed by atoms with Crippen molar-refractivity contribution in [1.29, 1.82) is 0 Å². The highest BCUT2D eigenvalue weighted by atomic mass is 16.6.